The number of carboxylic acid groups (broad SMARTS) is 1. The van der Waals surface area contributed by atoms with E-state index in [1.807, 2.05) is 18.2 Å². The lowest BCUT2D eigenvalue weighted by Gasteiger charge is -2.10. The van der Waals surface area contributed by atoms with Crippen LogP contribution in [0.4, 0.5) is 0 Å². The number of aryl methyl sites for hydroxylation is 2. The van der Waals surface area contributed by atoms with Gasteiger partial charge < -0.3 is 9.84 Å². The van der Waals surface area contributed by atoms with Crippen molar-refractivity contribution in [2.75, 3.05) is 6.61 Å². The van der Waals surface area contributed by atoms with Crippen LogP contribution in [0, 0.1) is 0 Å². The lowest BCUT2D eigenvalue weighted by Crippen LogP contribution is -2.07. The van der Waals surface area contributed by atoms with Gasteiger partial charge in [0.15, 0.2) is 5.78 Å². The summed E-state index contributed by atoms with van der Waals surface area (Å²) in [5, 5.41) is 9.13. The molecule has 1 N–H and O–H groups in total. The number of benzene rings is 2. The third kappa shape index (κ3) is 3.18. The molecular weight excluding hydrogens is 304 g/mol. The van der Waals surface area contributed by atoms with Crippen LogP contribution in [0.2, 0.25) is 0 Å². The van der Waals surface area contributed by atoms with E-state index in [1.54, 1.807) is 12.1 Å². The van der Waals surface area contributed by atoms with Crippen molar-refractivity contribution >= 4 is 11.8 Å². The Bertz CT molecular complexity index is 792. The zero-order valence-electron chi connectivity index (χ0n) is 13.7. The van der Waals surface area contributed by atoms with Crippen molar-refractivity contribution in [1.29, 1.82) is 0 Å². The van der Waals surface area contributed by atoms with Gasteiger partial charge in [-0.1, -0.05) is 19.4 Å². The molecule has 0 radical (unpaired) electrons. The lowest BCUT2D eigenvalue weighted by molar-refractivity contribution is 0.0696. The van der Waals surface area contributed by atoms with Crippen LogP contribution >= 0.6 is 0 Å². The number of hydrogen-bond acceptors (Lipinski definition) is 3. The summed E-state index contributed by atoms with van der Waals surface area (Å²) >= 11 is 0. The Morgan fingerprint density at radius 2 is 1.88 bits per heavy atom. The van der Waals surface area contributed by atoms with Gasteiger partial charge in [-0.25, -0.2) is 4.79 Å². The Morgan fingerprint density at radius 1 is 1.08 bits per heavy atom. The molecule has 0 amide bonds. The van der Waals surface area contributed by atoms with E-state index >= 15 is 0 Å². The van der Waals surface area contributed by atoms with E-state index in [2.05, 4.69) is 6.92 Å². The standard InChI is InChI=1S/C20H20O4/c1-2-3-10-24-16-8-6-13-4-5-14-11-15(20(22)23)7-9-17(14)19(21)18(13)12-16/h6-9,11-12H,2-5,10H2,1H3,(H,22,23). The maximum Gasteiger partial charge on any atom is 0.335 e. The molecule has 4 nitrogen and oxygen atoms in total. The molecule has 3 rings (SSSR count). The number of unbranched alkanes of at least 4 members (excludes halogenated alkanes) is 1. The van der Waals surface area contributed by atoms with E-state index in [9.17, 15) is 9.59 Å². The first-order valence-corrected chi connectivity index (χ1v) is 8.26. The molecule has 0 aliphatic heterocycles. The molecule has 1 aliphatic carbocycles. The molecule has 0 fully saturated rings. The number of carbonyl (C=O) groups excluding carboxylic acids is 1. The zero-order valence-corrected chi connectivity index (χ0v) is 13.7. The van der Waals surface area contributed by atoms with E-state index in [1.165, 1.54) is 6.07 Å². The van der Waals surface area contributed by atoms with Crippen molar-refractivity contribution in [3.8, 4) is 5.75 Å². The Labute approximate surface area is 141 Å². The molecule has 24 heavy (non-hydrogen) atoms. The summed E-state index contributed by atoms with van der Waals surface area (Å²) in [6, 6.07) is 10.4. The molecule has 0 bridgehead atoms. The second-order valence-electron chi connectivity index (χ2n) is 6.03. The molecule has 124 valence electrons. The summed E-state index contributed by atoms with van der Waals surface area (Å²) in [6.45, 7) is 2.74. The Hall–Kier alpha value is -2.62. The number of ether oxygens (including phenoxy) is 1. The maximum atomic E-state index is 12.9. The highest BCUT2D eigenvalue weighted by Crippen LogP contribution is 2.28. The van der Waals surface area contributed by atoms with E-state index in [0.29, 0.717) is 36.3 Å². The Kier molecular flexibility index (Phi) is 4.65. The number of carbonyl (C=O) groups is 2. The van der Waals surface area contributed by atoms with Crippen LogP contribution in [-0.2, 0) is 12.8 Å². The van der Waals surface area contributed by atoms with Gasteiger partial charge in [0, 0.05) is 11.1 Å². The average Bonchev–Trinajstić information content (AvgIpc) is 2.72. The second-order valence-corrected chi connectivity index (χ2v) is 6.03. The first-order valence-electron chi connectivity index (χ1n) is 8.26. The van der Waals surface area contributed by atoms with Crippen LogP contribution in [-0.4, -0.2) is 23.5 Å². The monoisotopic (exact) mass is 324 g/mol. The molecule has 0 saturated carbocycles. The highest BCUT2D eigenvalue weighted by Gasteiger charge is 2.22. The Balaban J connectivity index is 1.94. The summed E-state index contributed by atoms with van der Waals surface area (Å²) < 4.78 is 5.71. The summed E-state index contributed by atoms with van der Waals surface area (Å²) in [4.78, 5) is 24.0. The lowest BCUT2D eigenvalue weighted by atomic mass is 9.97. The van der Waals surface area contributed by atoms with Crippen LogP contribution < -0.4 is 4.74 Å². The third-order valence-electron chi connectivity index (χ3n) is 4.35. The SMILES string of the molecule is CCCCOc1ccc2c(c1)C(=O)c1ccc(C(=O)O)cc1CC2. The van der Waals surface area contributed by atoms with Crippen molar-refractivity contribution in [3.05, 3.63) is 64.2 Å². The number of ketones is 1. The van der Waals surface area contributed by atoms with Crippen molar-refractivity contribution in [1.82, 2.24) is 0 Å². The minimum atomic E-state index is -0.973. The molecule has 0 atom stereocenters. The predicted molar refractivity (Wildman–Crippen MR) is 91.1 cm³/mol. The van der Waals surface area contributed by atoms with Crippen molar-refractivity contribution in [3.63, 3.8) is 0 Å². The molecular formula is C20H20O4. The van der Waals surface area contributed by atoms with E-state index in [0.717, 1.165) is 24.0 Å². The second kappa shape index (κ2) is 6.87. The van der Waals surface area contributed by atoms with Gasteiger partial charge in [-0.2, -0.15) is 0 Å². The molecule has 2 aromatic carbocycles. The quantitative estimate of drug-likeness (QED) is 0.847. The maximum absolute atomic E-state index is 12.9. The largest absolute Gasteiger partial charge is 0.494 e. The fourth-order valence-corrected chi connectivity index (χ4v) is 2.98. The smallest absolute Gasteiger partial charge is 0.335 e. The van der Waals surface area contributed by atoms with E-state index < -0.39 is 5.97 Å². The van der Waals surface area contributed by atoms with Crippen LogP contribution in [0.3, 0.4) is 0 Å². The zero-order chi connectivity index (χ0) is 17.1. The normalized spacial score (nSPS) is 13.0. The fourth-order valence-electron chi connectivity index (χ4n) is 2.98. The predicted octanol–water partition coefficient (Wildman–Crippen LogP) is 3.89. The minimum Gasteiger partial charge on any atom is -0.494 e. The number of hydrogen-bond donors (Lipinski definition) is 1. The molecule has 1 aliphatic rings. The summed E-state index contributed by atoms with van der Waals surface area (Å²) in [6.07, 6.45) is 3.41. The molecule has 0 spiro atoms. The first-order chi connectivity index (χ1) is 11.6. The van der Waals surface area contributed by atoms with Gasteiger partial charge in [0.05, 0.1) is 12.2 Å². The van der Waals surface area contributed by atoms with Gasteiger partial charge in [-0.3, -0.25) is 4.79 Å². The van der Waals surface area contributed by atoms with Crippen molar-refractivity contribution < 1.29 is 19.4 Å². The van der Waals surface area contributed by atoms with Crippen LogP contribution in [0.5, 0.6) is 5.75 Å². The highest BCUT2D eigenvalue weighted by molar-refractivity contribution is 6.11. The van der Waals surface area contributed by atoms with Gasteiger partial charge in [-0.05, 0) is 60.7 Å². The van der Waals surface area contributed by atoms with Crippen LogP contribution in [0.1, 0.15) is 57.2 Å². The first kappa shape index (κ1) is 16.2. The van der Waals surface area contributed by atoms with Crippen molar-refractivity contribution in [2.24, 2.45) is 0 Å². The van der Waals surface area contributed by atoms with Gasteiger partial charge in [0.2, 0.25) is 0 Å². The van der Waals surface area contributed by atoms with Crippen LogP contribution in [0.15, 0.2) is 36.4 Å². The summed E-state index contributed by atoms with van der Waals surface area (Å²) in [5.74, 6) is -0.324. The summed E-state index contributed by atoms with van der Waals surface area (Å²) in [5.41, 5.74) is 3.24. The number of aromatic carboxylic acids is 1. The van der Waals surface area contributed by atoms with E-state index in [-0.39, 0.29) is 11.3 Å². The van der Waals surface area contributed by atoms with E-state index in [4.69, 9.17) is 9.84 Å². The molecule has 4 heteroatoms. The topological polar surface area (TPSA) is 63.6 Å². The molecule has 0 unspecified atom stereocenters. The van der Waals surface area contributed by atoms with Gasteiger partial charge in [-0.15, -0.1) is 0 Å². The van der Waals surface area contributed by atoms with Gasteiger partial charge >= 0.3 is 5.97 Å². The average molecular weight is 324 g/mol. The minimum absolute atomic E-state index is 0.0598. The molecule has 0 heterocycles. The Morgan fingerprint density at radius 3 is 2.62 bits per heavy atom. The number of fused-ring (bicyclic) bond motifs is 2. The van der Waals surface area contributed by atoms with Crippen molar-refractivity contribution in [2.45, 2.75) is 32.6 Å². The van der Waals surface area contributed by atoms with Gasteiger partial charge in [0.25, 0.3) is 0 Å². The number of carboxylic acids is 1. The van der Waals surface area contributed by atoms with Crippen LogP contribution in [0.25, 0.3) is 0 Å². The fraction of sp³-hybridized carbons (Fsp3) is 0.300. The summed E-state index contributed by atoms with van der Waals surface area (Å²) in [7, 11) is 0. The molecule has 2 aromatic rings. The number of rotatable bonds is 5. The molecule has 0 saturated heterocycles. The molecule has 0 aromatic heterocycles. The third-order valence-corrected chi connectivity index (χ3v) is 4.35. The highest BCUT2D eigenvalue weighted by atomic mass is 16.5. The van der Waals surface area contributed by atoms with Gasteiger partial charge in [0.1, 0.15) is 5.75 Å².